The Morgan fingerprint density at radius 3 is 2.21 bits per heavy atom. The fourth-order valence-electron chi connectivity index (χ4n) is 4.18. The molecule has 0 saturated carbocycles. The minimum absolute atomic E-state index is 0.187. The summed E-state index contributed by atoms with van der Waals surface area (Å²) < 4.78 is 5.08. The van der Waals surface area contributed by atoms with Gasteiger partial charge in [0.25, 0.3) is 17.7 Å². The molecule has 204 valence electrons. The third-order valence-corrected chi connectivity index (χ3v) is 6.28. The largest absolute Gasteiger partial charge is 0.349 e. The van der Waals surface area contributed by atoms with E-state index in [2.05, 4.69) is 25.8 Å². The number of nitrogens with one attached hydrogen (secondary N) is 3. The van der Waals surface area contributed by atoms with Gasteiger partial charge in [-0.1, -0.05) is 12.1 Å². The van der Waals surface area contributed by atoms with Crippen LogP contribution in [0.25, 0.3) is 11.1 Å². The lowest BCUT2D eigenvalue weighted by Gasteiger charge is -2.09. The van der Waals surface area contributed by atoms with Crippen molar-refractivity contribution in [1.82, 2.24) is 28.9 Å². The van der Waals surface area contributed by atoms with Gasteiger partial charge < -0.3 is 34.6 Å². The van der Waals surface area contributed by atoms with Crippen LogP contribution in [0.3, 0.4) is 0 Å². The van der Waals surface area contributed by atoms with Crippen molar-refractivity contribution in [2.75, 3.05) is 37.8 Å². The minimum atomic E-state index is -0.341. The summed E-state index contributed by atoms with van der Waals surface area (Å²) in [7, 11) is 9.28. The number of carbonyl (C=O) groups is 3. The molecule has 0 bridgehead atoms. The molecule has 0 atom stereocenters. The normalized spacial score (nSPS) is 11.0. The van der Waals surface area contributed by atoms with Crippen LogP contribution in [-0.4, -0.2) is 68.5 Å². The second-order valence-electron chi connectivity index (χ2n) is 9.69. The molecule has 0 spiro atoms. The smallest absolute Gasteiger partial charge is 0.287 e. The van der Waals surface area contributed by atoms with Crippen molar-refractivity contribution < 1.29 is 14.4 Å². The highest BCUT2D eigenvalue weighted by Crippen LogP contribution is 2.24. The number of amides is 3. The maximum Gasteiger partial charge on any atom is 0.287 e. The summed E-state index contributed by atoms with van der Waals surface area (Å²) in [6, 6.07) is 12.8. The maximum absolute atomic E-state index is 13.0. The Balaban J connectivity index is 1.39. The summed E-state index contributed by atoms with van der Waals surface area (Å²) in [5, 5.41) is 8.53. The first-order valence-electron chi connectivity index (χ1n) is 12.6. The van der Waals surface area contributed by atoms with Crippen LogP contribution in [0.15, 0.2) is 61.1 Å². The molecule has 1 aromatic carbocycles. The molecule has 0 aliphatic carbocycles. The molecule has 3 amide bonds. The summed E-state index contributed by atoms with van der Waals surface area (Å²) in [6.45, 7) is 1.41. The summed E-state index contributed by atoms with van der Waals surface area (Å²) in [4.78, 5) is 44.3. The van der Waals surface area contributed by atoms with Gasteiger partial charge in [-0.3, -0.25) is 14.4 Å². The van der Waals surface area contributed by atoms with Gasteiger partial charge in [0.2, 0.25) is 5.82 Å². The van der Waals surface area contributed by atoms with E-state index < -0.39 is 0 Å². The second kappa shape index (κ2) is 11.8. The summed E-state index contributed by atoms with van der Waals surface area (Å²) in [5.41, 5.74) is 3.42. The highest BCUT2D eigenvalue weighted by atomic mass is 16.2. The monoisotopic (exact) mass is 530 g/mol. The highest BCUT2D eigenvalue weighted by molar-refractivity contribution is 6.04. The Kier molecular flexibility index (Phi) is 8.30. The molecule has 11 nitrogen and oxygen atoms in total. The van der Waals surface area contributed by atoms with Crippen molar-refractivity contribution in [1.29, 1.82) is 0 Å². The fourth-order valence-corrected chi connectivity index (χ4v) is 4.18. The number of hydrogen-bond acceptors (Lipinski definition) is 5. The molecule has 0 saturated heterocycles. The number of aromatic nitrogens is 4. The third-order valence-electron chi connectivity index (χ3n) is 6.28. The minimum Gasteiger partial charge on any atom is -0.349 e. The molecule has 4 rings (SSSR count). The predicted octanol–water partition coefficient (Wildman–Crippen LogP) is 2.95. The van der Waals surface area contributed by atoms with Gasteiger partial charge in [0.1, 0.15) is 11.4 Å². The molecule has 3 heterocycles. The average Bonchev–Trinajstić information content (AvgIpc) is 3.60. The number of benzene rings is 1. The van der Waals surface area contributed by atoms with Crippen molar-refractivity contribution >= 4 is 29.2 Å². The van der Waals surface area contributed by atoms with Crippen LogP contribution >= 0.6 is 0 Å². The van der Waals surface area contributed by atoms with Crippen LogP contribution < -0.4 is 16.0 Å². The number of rotatable bonds is 10. The van der Waals surface area contributed by atoms with E-state index in [-0.39, 0.29) is 23.5 Å². The van der Waals surface area contributed by atoms with Crippen molar-refractivity contribution in [3.63, 3.8) is 0 Å². The molecule has 0 aliphatic rings. The third kappa shape index (κ3) is 6.63. The zero-order valence-electron chi connectivity index (χ0n) is 22.9. The predicted molar refractivity (Wildman–Crippen MR) is 151 cm³/mol. The molecule has 3 aromatic heterocycles. The molecule has 39 heavy (non-hydrogen) atoms. The molecular formula is C28H34N8O3. The van der Waals surface area contributed by atoms with E-state index in [1.165, 1.54) is 0 Å². The number of carbonyl (C=O) groups excluding carboxylic acids is 3. The maximum atomic E-state index is 13.0. The summed E-state index contributed by atoms with van der Waals surface area (Å²) in [5.74, 6) is -0.301. The van der Waals surface area contributed by atoms with Gasteiger partial charge in [-0.05, 0) is 63.0 Å². The van der Waals surface area contributed by atoms with Gasteiger partial charge in [0, 0.05) is 57.5 Å². The van der Waals surface area contributed by atoms with E-state index in [9.17, 15) is 14.4 Å². The zero-order chi connectivity index (χ0) is 28.1. The number of aryl methyl sites for hydroxylation is 3. The fraction of sp³-hybridized carbons (Fsp3) is 0.286. The topological polar surface area (TPSA) is 118 Å². The zero-order valence-corrected chi connectivity index (χ0v) is 22.9. The van der Waals surface area contributed by atoms with Crippen molar-refractivity contribution in [2.24, 2.45) is 21.1 Å². The summed E-state index contributed by atoms with van der Waals surface area (Å²) >= 11 is 0. The number of hydrogen-bond donors (Lipinski definition) is 3. The van der Waals surface area contributed by atoms with Crippen molar-refractivity contribution in [3.8, 4) is 11.1 Å². The molecular weight excluding hydrogens is 496 g/mol. The van der Waals surface area contributed by atoms with Crippen LogP contribution in [0, 0.1) is 0 Å². The molecule has 0 fully saturated rings. The van der Waals surface area contributed by atoms with Crippen molar-refractivity contribution in [3.05, 3.63) is 78.3 Å². The van der Waals surface area contributed by atoms with Crippen LogP contribution in [-0.2, 0) is 21.1 Å². The SMILES string of the molecule is CN(C)CCCNC(=O)c1nc(NC(=O)c2cc(-c3ccc(NC(=O)c4cccn4C)cc3)cn2C)cn1C. The molecule has 0 unspecified atom stereocenters. The van der Waals surface area contributed by atoms with Gasteiger partial charge in [-0.25, -0.2) is 4.98 Å². The molecule has 0 aliphatic heterocycles. The van der Waals surface area contributed by atoms with Crippen LogP contribution in [0.5, 0.6) is 0 Å². The van der Waals surface area contributed by atoms with E-state index in [0.717, 1.165) is 24.1 Å². The quantitative estimate of drug-likeness (QED) is 0.273. The number of imidazole rings is 1. The van der Waals surface area contributed by atoms with E-state index >= 15 is 0 Å². The number of anilines is 2. The van der Waals surface area contributed by atoms with Gasteiger partial charge >= 0.3 is 0 Å². The molecule has 11 heteroatoms. The Labute approximate surface area is 227 Å². The molecule has 3 N–H and O–H groups in total. The van der Waals surface area contributed by atoms with Crippen molar-refractivity contribution in [2.45, 2.75) is 6.42 Å². The van der Waals surface area contributed by atoms with E-state index in [1.54, 1.807) is 46.1 Å². The first kappa shape index (κ1) is 27.4. The highest BCUT2D eigenvalue weighted by Gasteiger charge is 2.18. The Hall–Kier alpha value is -4.64. The lowest BCUT2D eigenvalue weighted by atomic mass is 10.1. The molecule has 4 aromatic rings. The number of nitrogens with zero attached hydrogens (tertiary/aromatic N) is 5. The van der Waals surface area contributed by atoms with E-state index in [4.69, 9.17) is 0 Å². The Morgan fingerprint density at radius 1 is 0.821 bits per heavy atom. The second-order valence-corrected chi connectivity index (χ2v) is 9.69. The van der Waals surface area contributed by atoms with Crippen LogP contribution in [0.2, 0.25) is 0 Å². The average molecular weight is 531 g/mol. The molecule has 0 radical (unpaired) electrons. The summed E-state index contributed by atoms with van der Waals surface area (Å²) in [6.07, 6.45) is 6.11. The van der Waals surface area contributed by atoms with Crippen LogP contribution in [0.4, 0.5) is 11.5 Å². The Bertz CT molecular complexity index is 1480. The van der Waals surface area contributed by atoms with Gasteiger partial charge in [0.15, 0.2) is 5.82 Å². The lowest BCUT2D eigenvalue weighted by molar-refractivity contribution is 0.0937. The Morgan fingerprint density at radius 2 is 1.54 bits per heavy atom. The lowest BCUT2D eigenvalue weighted by Crippen LogP contribution is -2.29. The van der Waals surface area contributed by atoms with Gasteiger partial charge in [-0.15, -0.1) is 0 Å². The van der Waals surface area contributed by atoms with Crippen LogP contribution in [0.1, 0.15) is 38.0 Å². The first-order valence-corrected chi connectivity index (χ1v) is 12.6. The van der Waals surface area contributed by atoms with Gasteiger partial charge in [-0.2, -0.15) is 0 Å². The van der Waals surface area contributed by atoms with E-state index in [0.29, 0.717) is 29.4 Å². The van der Waals surface area contributed by atoms with E-state index in [1.807, 2.05) is 63.9 Å². The first-order chi connectivity index (χ1) is 18.6. The van der Waals surface area contributed by atoms with Gasteiger partial charge in [0.05, 0.1) is 0 Å². The standard InChI is InChI=1S/C28H34N8O3/c1-33(2)14-7-13-29-28(39)25-31-24(18-36(25)5)32-27(38)23-16-20(17-35(23)4)19-9-11-21(12-10-19)30-26(37)22-8-6-15-34(22)3/h6,8-12,15-18H,7,13-14H2,1-5H3,(H,29,39)(H,30,37)(H,32,38).